The zero-order chi connectivity index (χ0) is 16.0. The van der Waals surface area contributed by atoms with Crippen LogP contribution in [-0.4, -0.2) is 25.8 Å². The van der Waals surface area contributed by atoms with Crippen LogP contribution in [0.3, 0.4) is 0 Å². The van der Waals surface area contributed by atoms with Crippen LogP contribution >= 0.6 is 15.9 Å². The van der Waals surface area contributed by atoms with Crippen molar-refractivity contribution in [1.82, 2.24) is 4.31 Å². The van der Waals surface area contributed by atoms with Crippen molar-refractivity contribution in [2.75, 3.05) is 13.1 Å². The van der Waals surface area contributed by atoms with Gasteiger partial charge in [0.05, 0.1) is 4.90 Å². The molecular formula is C15H25BrN2O2S. The van der Waals surface area contributed by atoms with Crippen LogP contribution in [0.5, 0.6) is 0 Å². The van der Waals surface area contributed by atoms with Crippen molar-refractivity contribution >= 4 is 26.0 Å². The highest BCUT2D eigenvalue weighted by molar-refractivity contribution is 9.10. The van der Waals surface area contributed by atoms with Gasteiger partial charge in [0.15, 0.2) is 0 Å². The molecule has 4 nitrogen and oxygen atoms in total. The zero-order valence-electron chi connectivity index (χ0n) is 13.0. The van der Waals surface area contributed by atoms with E-state index in [0.717, 1.165) is 18.4 Å². The van der Waals surface area contributed by atoms with Crippen molar-refractivity contribution in [3.8, 4) is 0 Å². The summed E-state index contributed by atoms with van der Waals surface area (Å²) in [6.45, 7) is 7.43. The quantitative estimate of drug-likeness (QED) is 0.756. The highest BCUT2D eigenvalue weighted by Crippen LogP contribution is 2.27. The van der Waals surface area contributed by atoms with E-state index < -0.39 is 10.0 Å². The molecule has 2 N–H and O–H groups in total. The molecule has 0 bridgehead atoms. The number of halogens is 1. The molecular weight excluding hydrogens is 352 g/mol. The predicted molar refractivity (Wildman–Crippen MR) is 90.5 cm³/mol. The molecule has 6 heteroatoms. The Kier molecular flexibility index (Phi) is 7.33. The smallest absolute Gasteiger partial charge is 0.244 e. The molecule has 0 atom stereocenters. The SMILES string of the molecule is CCC(CC)CN(CC)S(=O)(=O)c1cc(CN)ccc1Br. The lowest BCUT2D eigenvalue weighted by Crippen LogP contribution is -2.35. The minimum absolute atomic E-state index is 0.304. The molecule has 0 spiro atoms. The molecule has 0 aliphatic carbocycles. The third kappa shape index (κ3) is 4.52. The summed E-state index contributed by atoms with van der Waals surface area (Å²) in [5.41, 5.74) is 6.44. The van der Waals surface area contributed by atoms with Crippen molar-refractivity contribution in [3.63, 3.8) is 0 Å². The summed E-state index contributed by atoms with van der Waals surface area (Å²) in [5, 5.41) is 0. The highest BCUT2D eigenvalue weighted by Gasteiger charge is 2.27. The minimum Gasteiger partial charge on any atom is -0.326 e. The molecule has 0 radical (unpaired) electrons. The molecule has 0 aromatic heterocycles. The Bertz CT molecular complexity index is 557. The first-order valence-corrected chi connectivity index (χ1v) is 9.62. The molecule has 0 fully saturated rings. The van der Waals surface area contributed by atoms with E-state index >= 15 is 0 Å². The normalized spacial score (nSPS) is 12.3. The van der Waals surface area contributed by atoms with Gasteiger partial charge in [0, 0.05) is 24.1 Å². The van der Waals surface area contributed by atoms with Gasteiger partial charge in [0.1, 0.15) is 0 Å². The predicted octanol–water partition coefficient (Wildman–Crippen LogP) is 3.35. The van der Waals surface area contributed by atoms with Crippen molar-refractivity contribution in [3.05, 3.63) is 28.2 Å². The van der Waals surface area contributed by atoms with Crippen molar-refractivity contribution < 1.29 is 8.42 Å². The number of sulfonamides is 1. The highest BCUT2D eigenvalue weighted by atomic mass is 79.9. The Morgan fingerprint density at radius 3 is 2.33 bits per heavy atom. The average molecular weight is 377 g/mol. The third-order valence-corrected chi connectivity index (χ3v) is 6.75. The third-order valence-electron chi connectivity index (χ3n) is 3.82. The van der Waals surface area contributed by atoms with Crippen molar-refractivity contribution in [2.45, 2.75) is 45.1 Å². The van der Waals surface area contributed by atoms with Gasteiger partial charge in [-0.05, 0) is 39.5 Å². The van der Waals surface area contributed by atoms with Crippen LogP contribution in [0.4, 0.5) is 0 Å². The Labute approximate surface area is 136 Å². The van der Waals surface area contributed by atoms with Crippen molar-refractivity contribution in [2.24, 2.45) is 11.7 Å². The van der Waals surface area contributed by atoms with Crippen LogP contribution in [0.15, 0.2) is 27.6 Å². The summed E-state index contributed by atoms with van der Waals surface area (Å²) in [5.74, 6) is 0.385. The Balaban J connectivity index is 3.18. The first-order valence-electron chi connectivity index (χ1n) is 7.39. The zero-order valence-corrected chi connectivity index (χ0v) is 15.4. The van der Waals surface area contributed by atoms with Gasteiger partial charge in [-0.25, -0.2) is 8.42 Å². The fraction of sp³-hybridized carbons (Fsp3) is 0.600. The number of nitrogens with zero attached hydrogens (tertiary/aromatic N) is 1. The lowest BCUT2D eigenvalue weighted by atomic mass is 10.0. The first-order chi connectivity index (χ1) is 9.90. The fourth-order valence-corrected chi connectivity index (χ4v) is 4.74. The summed E-state index contributed by atoms with van der Waals surface area (Å²) in [6.07, 6.45) is 1.96. The fourth-order valence-electron chi connectivity index (χ4n) is 2.24. The topological polar surface area (TPSA) is 63.4 Å². The van der Waals surface area contributed by atoms with Crippen LogP contribution in [-0.2, 0) is 16.6 Å². The van der Waals surface area contributed by atoms with E-state index in [1.807, 2.05) is 13.0 Å². The van der Waals surface area contributed by atoms with Gasteiger partial charge in [-0.2, -0.15) is 4.31 Å². The van der Waals surface area contributed by atoms with Crippen LogP contribution in [0, 0.1) is 5.92 Å². The van der Waals surface area contributed by atoms with Gasteiger partial charge in [-0.3, -0.25) is 0 Å². The molecule has 0 aliphatic heterocycles. The van der Waals surface area contributed by atoms with Gasteiger partial charge in [-0.1, -0.05) is 39.7 Å². The summed E-state index contributed by atoms with van der Waals surface area (Å²) >= 11 is 3.35. The molecule has 0 aliphatic rings. The van der Waals surface area contributed by atoms with Crippen LogP contribution in [0.1, 0.15) is 39.2 Å². The Morgan fingerprint density at radius 2 is 1.86 bits per heavy atom. The van der Waals surface area contributed by atoms with Crippen LogP contribution < -0.4 is 5.73 Å². The summed E-state index contributed by atoms with van der Waals surface area (Å²) in [6, 6.07) is 5.25. The molecule has 0 amide bonds. The van der Waals surface area contributed by atoms with Crippen LogP contribution in [0.2, 0.25) is 0 Å². The van der Waals surface area contributed by atoms with Crippen LogP contribution in [0.25, 0.3) is 0 Å². The largest absolute Gasteiger partial charge is 0.326 e. The van der Waals surface area contributed by atoms with E-state index in [-0.39, 0.29) is 0 Å². The number of hydrogen-bond acceptors (Lipinski definition) is 3. The lowest BCUT2D eigenvalue weighted by molar-refractivity contribution is 0.339. The molecule has 1 rings (SSSR count). The van der Waals surface area contributed by atoms with Gasteiger partial charge in [-0.15, -0.1) is 0 Å². The second-order valence-electron chi connectivity index (χ2n) is 5.11. The molecule has 1 aromatic carbocycles. The van der Waals surface area contributed by atoms with Gasteiger partial charge >= 0.3 is 0 Å². The van der Waals surface area contributed by atoms with E-state index in [1.165, 1.54) is 0 Å². The van der Waals surface area contributed by atoms with E-state index in [0.29, 0.717) is 34.9 Å². The number of hydrogen-bond donors (Lipinski definition) is 1. The first kappa shape index (κ1) is 18.6. The van der Waals surface area contributed by atoms with E-state index in [2.05, 4.69) is 29.8 Å². The molecule has 1 aromatic rings. The molecule has 0 unspecified atom stereocenters. The molecule has 21 heavy (non-hydrogen) atoms. The van der Waals surface area contributed by atoms with Gasteiger partial charge in [0.25, 0.3) is 0 Å². The lowest BCUT2D eigenvalue weighted by Gasteiger charge is -2.25. The van der Waals surface area contributed by atoms with Gasteiger partial charge in [0.2, 0.25) is 10.0 Å². The number of nitrogens with two attached hydrogens (primary N) is 1. The van der Waals surface area contributed by atoms with E-state index in [9.17, 15) is 8.42 Å². The number of benzene rings is 1. The summed E-state index contributed by atoms with van der Waals surface area (Å²) in [4.78, 5) is 0.304. The molecule has 120 valence electrons. The maximum Gasteiger partial charge on any atom is 0.244 e. The second kappa shape index (κ2) is 8.27. The standard InChI is InChI=1S/C15H25BrN2O2S/c1-4-12(5-2)11-18(6-3)21(19,20)15-9-13(10-17)7-8-14(15)16/h7-9,12H,4-6,10-11,17H2,1-3H3. The summed E-state index contributed by atoms with van der Waals surface area (Å²) < 4.78 is 27.9. The maximum atomic E-state index is 12.9. The Hall–Kier alpha value is -0.430. The van der Waals surface area contributed by atoms with Gasteiger partial charge < -0.3 is 5.73 Å². The maximum absolute atomic E-state index is 12.9. The van der Waals surface area contributed by atoms with Crippen molar-refractivity contribution in [1.29, 1.82) is 0 Å². The minimum atomic E-state index is -3.50. The Morgan fingerprint density at radius 1 is 1.24 bits per heavy atom. The summed E-state index contributed by atoms with van der Waals surface area (Å²) in [7, 11) is -3.50. The monoisotopic (exact) mass is 376 g/mol. The number of rotatable bonds is 8. The van der Waals surface area contributed by atoms with E-state index in [1.54, 1.807) is 16.4 Å². The molecule has 0 heterocycles. The molecule has 0 saturated carbocycles. The van der Waals surface area contributed by atoms with E-state index in [4.69, 9.17) is 5.73 Å². The average Bonchev–Trinajstić information content (AvgIpc) is 2.48. The molecule has 0 saturated heterocycles. The second-order valence-corrected chi connectivity index (χ2v) is 7.87.